The maximum Gasteiger partial charge on any atom is 0.165 e. The third-order valence-corrected chi connectivity index (χ3v) is 3.53. The fourth-order valence-electron chi connectivity index (χ4n) is 2.37. The van der Waals surface area contributed by atoms with Gasteiger partial charge in [0, 0.05) is 11.6 Å². The molecule has 4 heteroatoms. The quantitative estimate of drug-likeness (QED) is 0.905. The molecule has 0 spiro atoms. The molecule has 112 valence electrons. The summed E-state index contributed by atoms with van der Waals surface area (Å²) in [5.41, 5.74) is 2.37. The normalized spacial score (nSPS) is 12.2. The van der Waals surface area contributed by atoms with E-state index in [0.717, 1.165) is 11.1 Å². The number of hydrogen-bond acceptors (Lipinski definition) is 2. The SMILES string of the molecule is CNC(Cc1ccc(OC)c(F)c1)c1cc(C)ccc1F. The first kappa shape index (κ1) is 15.4. The first-order chi connectivity index (χ1) is 10.0. The van der Waals surface area contributed by atoms with Crippen LogP contribution in [0.5, 0.6) is 5.75 Å². The van der Waals surface area contributed by atoms with Crippen molar-refractivity contribution in [2.45, 2.75) is 19.4 Å². The van der Waals surface area contributed by atoms with E-state index >= 15 is 0 Å². The Kier molecular flexibility index (Phi) is 4.91. The Balaban J connectivity index is 2.26. The van der Waals surface area contributed by atoms with Gasteiger partial charge in [-0.1, -0.05) is 23.8 Å². The van der Waals surface area contributed by atoms with Crippen molar-refractivity contribution in [2.75, 3.05) is 14.2 Å². The van der Waals surface area contributed by atoms with Gasteiger partial charge in [-0.2, -0.15) is 0 Å². The Morgan fingerprint density at radius 2 is 1.86 bits per heavy atom. The van der Waals surface area contributed by atoms with Crippen molar-refractivity contribution in [1.82, 2.24) is 5.32 Å². The lowest BCUT2D eigenvalue weighted by molar-refractivity contribution is 0.386. The Morgan fingerprint density at radius 3 is 2.48 bits per heavy atom. The Morgan fingerprint density at radius 1 is 1.10 bits per heavy atom. The lowest BCUT2D eigenvalue weighted by atomic mass is 9.97. The van der Waals surface area contributed by atoms with Crippen LogP contribution in [0.2, 0.25) is 0 Å². The van der Waals surface area contributed by atoms with Crippen LogP contribution in [-0.4, -0.2) is 14.2 Å². The second-order valence-electron chi connectivity index (χ2n) is 5.04. The molecule has 0 aliphatic carbocycles. The molecule has 0 saturated heterocycles. The van der Waals surface area contributed by atoms with E-state index < -0.39 is 5.82 Å². The highest BCUT2D eigenvalue weighted by molar-refractivity contribution is 5.32. The Bertz CT molecular complexity index is 628. The van der Waals surface area contributed by atoms with Crippen LogP contribution in [0.3, 0.4) is 0 Å². The summed E-state index contributed by atoms with van der Waals surface area (Å²) < 4.78 is 32.6. The van der Waals surface area contributed by atoms with Crippen molar-refractivity contribution in [3.05, 3.63) is 64.7 Å². The molecule has 1 atom stereocenters. The van der Waals surface area contributed by atoms with Gasteiger partial charge in [0.1, 0.15) is 5.82 Å². The minimum atomic E-state index is -0.408. The van der Waals surface area contributed by atoms with Crippen LogP contribution in [0.1, 0.15) is 22.7 Å². The third kappa shape index (κ3) is 3.58. The molecule has 0 radical (unpaired) electrons. The molecule has 1 unspecified atom stereocenters. The fourth-order valence-corrected chi connectivity index (χ4v) is 2.37. The molecule has 0 aliphatic heterocycles. The first-order valence-electron chi connectivity index (χ1n) is 6.81. The maximum atomic E-state index is 14.0. The minimum absolute atomic E-state index is 0.210. The molecule has 2 rings (SSSR count). The number of likely N-dealkylation sites (N-methyl/N-ethyl adjacent to an activating group) is 1. The molecule has 0 aliphatic rings. The second kappa shape index (κ2) is 6.68. The number of halogens is 2. The van der Waals surface area contributed by atoms with E-state index in [4.69, 9.17) is 4.74 Å². The number of benzene rings is 2. The lowest BCUT2D eigenvalue weighted by Crippen LogP contribution is -2.20. The molecule has 0 aromatic heterocycles. The summed E-state index contributed by atoms with van der Waals surface area (Å²) in [5.74, 6) is -0.454. The van der Waals surface area contributed by atoms with Crippen LogP contribution in [0, 0.1) is 18.6 Å². The third-order valence-electron chi connectivity index (χ3n) is 3.53. The number of ether oxygens (including phenoxy) is 1. The summed E-state index contributed by atoms with van der Waals surface area (Å²) >= 11 is 0. The fraction of sp³-hybridized carbons (Fsp3) is 0.294. The van der Waals surface area contributed by atoms with Gasteiger partial charge in [0.2, 0.25) is 0 Å². The zero-order valence-electron chi connectivity index (χ0n) is 12.4. The van der Waals surface area contributed by atoms with Crippen LogP contribution in [0.4, 0.5) is 8.78 Å². The molecule has 0 saturated carbocycles. The highest BCUT2D eigenvalue weighted by Crippen LogP contribution is 2.24. The monoisotopic (exact) mass is 291 g/mol. The molecule has 1 N–H and O–H groups in total. The average molecular weight is 291 g/mol. The van der Waals surface area contributed by atoms with E-state index in [1.54, 1.807) is 25.2 Å². The molecule has 0 bridgehead atoms. The van der Waals surface area contributed by atoms with Gasteiger partial charge in [-0.3, -0.25) is 0 Å². The van der Waals surface area contributed by atoms with Gasteiger partial charge in [0.15, 0.2) is 11.6 Å². The van der Waals surface area contributed by atoms with Gasteiger partial charge in [-0.25, -0.2) is 8.78 Å². The van der Waals surface area contributed by atoms with Crippen molar-refractivity contribution in [3.8, 4) is 5.75 Å². The number of rotatable bonds is 5. The van der Waals surface area contributed by atoms with Crippen molar-refractivity contribution in [2.24, 2.45) is 0 Å². The largest absolute Gasteiger partial charge is 0.494 e. The highest BCUT2D eigenvalue weighted by Gasteiger charge is 2.16. The second-order valence-corrected chi connectivity index (χ2v) is 5.04. The molecular weight excluding hydrogens is 272 g/mol. The molecule has 0 fully saturated rings. The Labute approximate surface area is 123 Å². The van der Waals surface area contributed by atoms with Gasteiger partial charge in [-0.05, 0) is 44.2 Å². The summed E-state index contributed by atoms with van der Waals surface area (Å²) in [6.45, 7) is 1.92. The van der Waals surface area contributed by atoms with Crippen molar-refractivity contribution in [3.63, 3.8) is 0 Å². The molecule has 2 nitrogen and oxygen atoms in total. The van der Waals surface area contributed by atoms with Gasteiger partial charge in [-0.15, -0.1) is 0 Å². The van der Waals surface area contributed by atoms with Crippen molar-refractivity contribution < 1.29 is 13.5 Å². The van der Waals surface area contributed by atoms with E-state index in [-0.39, 0.29) is 17.6 Å². The van der Waals surface area contributed by atoms with Crippen LogP contribution in [0.15, 0.2) is 36.4 Å². The van der Waals surface area contributed by atoms with Crippen LogP contribution in [0.25, 0.3) is 0 Å². The molecule has 0 heterocycles. The maximum absolute atomic E-state index is 14.0. The Hall–Kier alpha value is -1.94. The highest BCUT2D eigenvalue weighted by atomic mass is 19.1. The van der Waals surface area contributed by atoms with E-state index in [1.165, 1.54) is 19.2 Å². The summed E-state index contributed by atoms with van der Waals surface area (Å²) in [5, 5.41) is 3.09. The first-order valence-corrected chi connectivity index (χ1v) is 6.81. The number of nitrogens with one attached hydrogen (secondary N) is 1. The molecule has 2 aromatic carbocycles. The van der Waals surface area contributed by atoms with E-state index in [9.17, 15) is 8.78 Å². The van der Waals surface area contributed by atoms with Gasteiger partial charge < -0.3 is 10.1 Å². The van der Waals surface area contributed by atoms with Crippen LogP contribution in [-0.2, 0) is 6.42 Å². The van der Waals surface area contributed by atoms with Gasteiger partial charge in [0.05, 0.1) is 7.11 Å². The topological polar surface area (TPSA) is 21.3 Å². The summed E-state index contributed by atoms with van der Waals surface area (Å²) in [7, 11) is 3.20. The zero-order chi connectivity index (χ0) is 15.4. The van der Waals surface area contributed by atoms with Gasteiger partial charge in [0.25, 0.3) is 0 Å². The lowest BCUT2D eigenvalue weighted by Gasteiger charge is -2.18. The van der Waals surface area contributed by atoms with Gasteiger partial charge >= 0.3 is 0 Å². The molecule has 2 aromatic rings. The van der Waals surface area contributed by atoms with Crippen LogP contribution < -0.4 is 10.1 Å². The summed E-state index contributed by atoms with van der Waals surface area (Å²) in [6, 6.07) is 9.61. The van der Waals surface area contributed by atoms with Crippen molar-refractivity contribution >= 4 is 0 Å². The molecular formula is C17H19F2NO. The number of hydrogen-bond donors (Lipinski definition) is 1. The molecule has 0 amide bonds. The van der Waals surface area contributed by atoms with E-state index in [0.29, 0.717) is 12.0 Å². The zero-order valence-corrected chi connectivity index (χ0v) is 12.4. The van der Waals surface area contributed by atoms with Crippen LogP contribution >= 0.6 is 0 Å². The smallest absolute Gasteiger partial charge is 0.165 e. The van der Waals surface area contributed by atoms with Crippen molar-refractivity contribution in [1.29, 1.82) is 0 Å². The summed E-state index contributed by atoms with van der Waals surface area (Å²) in [6.07, 6.45) is 0.498. The standard InChI is InChI=1S/C17H19F2NO/c1-11-4-6-14(18)13(8-11)16(20-2)10-12-5-7-17(21-3)15(19)9-12/h4-9,16,20H,10H2,1-3H3. The predicted octanol–water partition coefficient (Wildman–Crippen LogP) is 3.79. The minimum Gasteiger partial charge on any atom is -0.494 e. The van der Waals surface area contributed by atoms with E-state index in [2.05, 4.69) is 5.32 Å². The summed E-state index contributed by atoms with van der Waals surface area (Å²) in [4.78, 5) is 0. The van der Waals surface area contributed by atoms with E-state index in [1.807, 2.05) is 13.0 Å². The molecule has 21 heavy (non-hydrogen) atoms. The predicted molar refractivity (Wildman–Crippen MR) is 79.6 cm³/mol. The average Bonchev–Trinajstić information content (AvgIpc) is 2.47. The number of aryl methyl sites for hydroxylation is 1. The number of methoxy groups -OCH3 is 1.